The first kappa shape index (κ1) is 23.0. The van der Waals surface area contributed by atoms with E-state index in [2.05, 4.69) is 96.4 Å². The van der Waals surface area contributed by atoms with Gasteiger partial charge >= 0.3 is 9.28 Å². The third-order valence-electron chi connectivity index (χ3n) is 5.86. The molecule has 2 saturated heterocycles. The Bertz CT molecular complexity index is 615. The van der Waals surface area contributed by atoms with Crippen molar-refractivity contribution in [1.82, 2.24) is 10.6 Å². The molecule has 1 aromatic carbocycles. The normalized spacial score (nSPS) is 26.5. The minimum atomic E-state index is -1.57. The Labute approximate surface area is 180 Å². The number of benzene rings is 1. The third-order valence-corrected chi connectivity index (χ3v) is 7.76. The van der Waals surface area contributed by atoms with Crippen molar-refractivity contribution < 1.29 is 8.85 Å². The minimum absolute atomic E-state index is 0.0643. The second-order valence-corrected chi connectivity index (χ2v) is 13.4. The summed E-state index contributed by atoms with van der Waals surface area (Å²) in [4.78, 5) is 0. The van der Waals surface area contributed by atoms with Gasteiger partial charge in [-0.05, 0) is 86.3 Å². The maximum atomic E-state index is 6.81. The van der Waals surface area contributed by atoms with Crippen molar-refractivity contribution in [1.29, 1.82) is 0 Å². The molecule has 163 valence electrons. The Morgan fingerprint density at radius 2 is 1.00 bits per heavy atom. The monoisotopic (exact) mass is 417 g/mol. The lowest BCUT2D eigenvalue weighted by atomic mass is 9.81. The van der Waals surface area contributed by atoms with Gasteiger partial charge in [0.05, 0.1) is 12.2 Å². The SMILES string of the molecule is CC1(C)CC(O[Si](OC2CC(C)(C)NC(C)(C)C2)c2ccccc2)CC(C)(C)N1. The van der Waals surface area contributed by atoms with Gasteiger partial charge in [-0.2, -0.15) is 0 Å². The Morgan fingerprint density at radius 3 is 1.34 bits per heavy atom. The number of piperidine rings is 2. The van der Waals surface area contributed by atoms with Gasteiger partial charge < -0.3 is 19.5 Å². The lowest BCUT2D eigenvalue weighted by molar-refractivity contribution is 0.00626. The largest absolute Gasteiger partial charge is 0.424 e. The van der Waals surface area contributed by atoms with Crippen molar-refractivity contribution in [3.8, 4) is 0 Å². The van der Waals surface area contributed by atoms with Crippen LogP contribution in [0.2, 0.25) is 0 Å². The van der Waals surface area contributed by atoms with E-state index in [9.17, 15) is 0 Å². The highest BCUT2D eigenvalue weighted by atomic mass is 28.3. The molecule has 0 unspecified atom stereocenters. The molecule has 0 atom stereocenters. The van der Waals surface area contributed by atoms with E-state index < -0.39 is 9.28 Å². The first-order valence-electron chi connectivity index (χ1n) is 11.1. The second kappa shape index (κ2) is 8.08. The summed E-state index contributed by atoms with van der Waals surface area (Å²) in [6, 6.07) is 10.6. The van der Waals surface area contributed by atoms with Crippen molar-refractivity contribution in [3.63, 3.8) is 0 Å². The number of hydrogen-bond acceptors (Lipinski definition) is 4. The lowest BCUT2D eigenvalue weighted by Gasteiger charge is -2.48. The molecule has 2 fully saturated rings. The van der Waals surface area contributed by atoms with Gasteiger partial charge in [0.2, 0.25) is 0 Å². The van der Waals surface area contributed by atoms with Crippen molar-refractivity contribution in [3.05, 3.63) is 30.3 Å². The number of hydrogen-bond donors (Lipinski definition) is 2. The highest BCUT2D eigenvalue weighted by Gasteiger charge is 2.43. The average Bonchev–Trinajstić information content (AvgIpc) is 2.49. The Morgan fingerprint density at radius 1 is 0.655 bits per heavy atom. The number of rotatable bonds is 5. The summed E-state index contributed by atoms with van der Waals surface area (Å²) in [5, 5.41) is 8.73. The molecule has 0 aliphatic carbocycles. The van der Waals surface area contributed by atoms with E-state index in [4.69, 9.17) is 8.85 Å². The molecule has 0 bridgehead atoms. The summed E-state index contributed by atoms with van der Waals surface area (Å²) in [6.07, 6.45) is 4.43. The molecule has 29 heavy (non-hydrogen) atoms. The highest BCUT2D eigenvalue weighted by molar-refractivity contribution is 6.61. The van der Waals surface area contributed by atoms with Crippen LogP contribution in [0.4, 0.5) is 0 Å². The van der Waals surface area contributed by atoms with Crippen molar-refractivity contribution in [2.24, 2.45) is 0 Å². The standard InChI is InChI=1S/C24H41N2O2Si/c1-21(2)14-18(15-22(3,4)25-21)27-29(20-12-10-9-11-13-20)28-19-16-23(5,6)26-24(7,8)17-19/h9-13,18-19,25-26H,14-17H2,1-8H3. The van der Waals surface area contributed by atoms with Crippen molar-refractivity contribution in [2.75, 3.05) is 0 Å². The molecule has 4 nitrogen and oxygen atoms in total. The lowest BCUT2D eigenvalue weighted by Crippen LogP contribution is -2.62. The van der Waals surface area contributed by atoms with Gasteiger partial charge in [0.25, 0.3) is 0 Å². The smallest absolute Gasteiger partial charge is 0.387 e. The molecular weight excluding hydrogens is 376 g/mol. The molecule has 2 N–H and O–H groups in total. The van der Waals surface area contributed by atoms with Crippen molar-refractivity contribution in [2.45, 2.75) is 115 Å². The molecular formula is C24H41N2O2Si. The van der Waals surface area contributed by atoms with E-state index in [0.29, 0.717) is 0 Å². The topological polar surface area (TPSA) is 42.5 Å². The van der Waals surface area contributed by atoms with Crippen LogP contribution in [0.5, 0.6) is 0 Å². The van der Waals surface area contributed by atoms with Crippen LogP contribution in [0.25, 0.3) is 0 Å². The summed E-state index contributed by atoms with van der Waals surface area (Å²) < 4.78 is 13.6. The molecule has 0 amide bonds. The quantitative estimate of drug-likeness (QED) is 0.710. The fraction of sp³-hybridized carbons (Fsp3) is 0.750. The zero-order valence-corrected chi connectivity index (χ0v) is 20.7. The molecule has 2 aliphatic rings. The summed E-state index contributed by atoms with van der Waals surface area (Å²) in [7, 11) is -1.57. The Kier molecular flexibility index (Phi) is 6.40. The van der Waals surface area contributed by atoms with Crippen LogP contribution in [0, 0.1) is 0 Å². The molecule has 1 radical (unpaired) electrons. The van der Waals surface area contributed by atoms with Gasteiger partial charge in [-0.25, -0.2) is 0 Å². The van der Waals surface area contributed by atoms with Gasteiger partial charge in [-0.15, -0.1) is 0 Å². The van der Waals surface area contributed by atoms with E-state index in [1.54, 1.807) is 0 Å². The summed E-state index contributed by atoms with van der Waals surface area (Å²) in [5.41, 5.74) is 0.257. The van der Waals surface area contributed by atoms with Crippen LogP contribution in [-0.2, 0) is 8.85 Å². The number of nitrogens with one attached hydrogen (secondary N) is 2. The molecule has 0 saturated carbocycles. The van der Waals surface area contributed by atoms with Crippen LogP contribution in [0.15, 0.2) is 30.3 Å². The average molecular weight is 418 g/mol. The Balaban J connectivity index is 1.79. The molecule has 0 aromatic heterocycles. The van der Waals surface area contributed by atoms with E-state index in [0.717, 1.165) is 25.7 Å². The fourth-order valence-corrected chi connectivity index (χ4v) is 7.40. The molecule has 2 aliphatic heterocycles. The zero-order valence-electron chi connectivity index (χ0n) is 19.7. The van der Waals surface area contributed by atoms with E-state index in [-0.39, 0.29) is 34.4 Å². The first-order chi connectivity index (χ1) is 13.2. The van der Waals surface area contributed by atoms with Gasteiger partial charge in [-0.3, -0.25) is 0 Å². The first-order valence-corrected chi connectivity index (χ1v) is 12.4. The summed E-state index contributed by atoms with van der Waals surface area (Å²) in [6.45, 7) is 18.2. The van der Waals surface area contributed by atoms with Crippen LogP contribution in [0.3, 0.4) is 0 Å². The molecule has 2 heterocycles. The predicted molar refractivity (Wildman–Crippen MR) is 123 cm³/mol. The maximum absolute atomic E-state index is 6.81. The van der Waals surface area contributed by atoms with Crippen LogP contribution >= 0.6 is 0 Å². The zero-order chi connectivity index (χ0) is 21.5. The molecule has 1 aromatic rings. The minimum Gasteiger partial charge on any atom is -0.387 e. The molecule has 5 heteroatoms. The van der Waals surface area contributed by atoms with Crippen LogP contribution < -0.4 is 15.8 Å². The maximum Gasteiger partial charge on any atom is 0.424 e. The van der Waals surface area contributed by atoms with E-state index in [1.165, 1.54) is 5.19 Å². The second-order valence-electron chi connectivity index (χ2n) is 11.7. The molecule has 3 rings (SSSR count). The fourth-order valence-electron chi connectivity index (χ4n) is 5.66. The van der Waals surface area contributed by atoms with Crippen LogP contribution in [-0.4, -0.2) is 43.6 Å². The summed E-state index contributed by atoms with van der Waals surface area (Å²) >= 11 is 0. The molecule has 0 spiro atoms. The van der Waals surface area contributed by atoms with Gasteiger partial charge in [0, 0.05) is 22.2 Å². The van der Waals surface area contributed by atoms with Gasteiger partial charge in [-0.1, -0.05) is 30.3 Å². The summed E-state index contributed by atoms with van der Waals surface area (Å²) in [5.74, 6) is 0. The third kappa shape index (κ3) is 6.63. The predicted octanol–water partition coefficient (Wildman–Crippen LogP) is 4.03. The van der Waals surface area contributed by atoms with E-state index in [1.807, 2.05) is 0 Å². The van der Waals surface area contributed by atoms with Gasteiger partial charge in [0.1, 0.15) is 0 Å². The highest BCUT2D eigenvalue weighted by Crippen LogP contribution is 2.33. The van der Waals surface area contributed by atoms with E-state index >= 15 is 0 Å². The Hall–Kier alpha value is -0.723. The van der Waals surface area contributed by atoms with Crippen molar-refractivity contribution >= 4 is 14.5 Å². The van der Waals surface area contributed by atoms with Crippen LogP contribution in [0.1, 0.15) is 81.1 Å². The van der Waals surface area contributed by atoms with Gasteiger partial charge in [0.15, 0.2) is 0 Å².